The van der Waals surface area contributed by atoms with Crippen molar-refractivity contribution in [2.75, 3.05) is 19.9 Å². The van der Waals surface area contributed by atoms with Crippen LogP contribution in [0.4, 0.5) is 0 Å². The maximum absolute atomic E-state index is 12.5. The number of aromatic nitrogens is 2. The molecule has 9 heteroatoms. The number of hydrogen-bond donors (Lipinski definition) is 1. The van der Waals surface area contributed by atoms with Gasteiger partial charge in [-0.15, -0.1) is 0 Å². The molecule has 0 spiro atoms. The first-order valence-corrected chi connectivity index (χ1v) is 10.7. The smallest absolute Gasteiger partial charge is 0.260 e. The lowest BCUT2D eigenvalue weighted by Gasteiger charge is -2.15. The van der Waals surface area contributed by atoms with E-state index >= 15 is 0 Å². The number of benzene rings is 2. The van der Waals surface area contributed by atoms with E-state index in [4.69, 9.17) is 18.9 Å². The predicted octanol–water partition coefficient (Wildman–Crippen LogP) is 2.62. The fourth-order valence-corrected chi connectivity index (χ4v) is 3.29. The van der Waals surface area contributed by atoms with Gasteiger partial charge in [-0.1, -0.05) is 0 Å². The molecule has 2 aromatic carbocycles. The number of nitrogens with one attached hydrogen (secondary N) is 1. The Morgan fingerprint density at radius 2 is 1.88 bits per heavy atom. The van der Waals surface area contributed by atoms with Gasteiger partial charge in [-0.25, -0.2) is 4.98 Å². The van der Waals surface area contributed by atoms with Gasteiger partial charge in [0.2, 0.25) is 6.79 Å². The molecule has 1 atom stereocenters. The SMILES string of the molecule is CCOc1ccc(-c2cc(=O)n(CCNC(=O)C(C)Oc3ccc4c(c3)OCO4)cn2)cc1. The van der Waals surface area contributed by atoms with Gasteiger partial charge in [-0.3, -0.25) is 14.2 Å². The van der Waals surface area contributed by atoms with Crippen LogP contribution < -0.4 is 29.8 Å². The van der Waals surface area contributed by atoms with E-state index in [-0.39, 0.29) is 31.3 Å². The summed E-state index contributed by atoms with van der Waals surface area (Å²) in [7, 11) is 0. The summed E-state index contributed by atoms with van der Waals surface area (Å²) >= 11 is 0. The van der Waals surface area contributed by atoms with Gasteiger partial charge in [0, 0.05) is 30.8 Å². The molecule has 4 rings (SSSR count). The minimum Gasteiger partial charge on any atom is -0.494 e. The van der Waals surface area contributed by atoms with Gasteiger partial charge in [-0.2, -0.15) is 0 Å². The van der Waals surface area contributed by atoms with Gasteiger partial charge < -0.3 is 24.3 Å². The molecule has 0 aliphatic carbocycles. The first-order chi connectivity index (χ1) is 16.0. The molecule has 0 saturated heterocycles. The van der Waals surface area contributed by atoms with E-state index < -0.39 is 6.10 Å². The van der Waals surface area contributed by atoms with Crippen molar-refractivity contribution < 1.29 is 23.7 Å². The van der Waals surface area contributed by atoms with Crippen LogP contribution in [-0.2, 0) is 11.3 Å². The Morgan fingerprint density at radius 1 is 1.12 bits per heavy atom. The number of ether oxygens (including phenoxy) is 4. The van der Waals surface area contributed by atoms with Crippen LogP contribution in [0.5, 0.6) is 23.0 Å². The summed E-state index contributed by atoms with van der Waals surface area (Å²) in [6, 6.07) is 14.0. The van der Waals surface area contributed by atoms with Crippen LogP contribution >= 0.6 is 0 Å². The predicted molar refractivity (Wildman–Crippen MR) is 121 cm³/mol. The highest BCUT2D eigenvalue weighted by molar-refractivity contribution is 5.80. The van der Waals surface area contributed by atoms with Gasteiger partial charge >= 0.3 is 0 Å². The van der Waals surface area contributed by atoms with Crippen LogP contribution in [0.1, 0.15) is 13.8 Å². The maximum atomic E-state index is 12.5. The van der Waals surface area contributed by atoms with Crippen LogP contribution in [0.2, 0.25) is 0 Å². The Kier molecular flexibility index (Phi) is 6.77. The highest BCUT2D eigenvalue weighted by atomic mass is 16.7. The molecule has 1 aromatic heterocycles. The van der Waals surface area contributed by atoms with Gasteiger partial charge in [0.1, 0.15) is 11.5 Å². The van der Waals surface area contributed by atoms with Crippen molar-refractivity contribution in [1.29, 1.82) is 0 Å². The molecule has 0 fully saturated rings. The first-order valence-electron chi connectivity index (χ1n) is 10.7. The molecule has 0 saturated carbocycles. The van der Waals surface area contributed by atoms with E-state index in [1.807, 2.05) is 31.2 Å². The van der Waals surface area contributed by atoms with Crippen molar-refractivity contribution in [2.45, 2.75) is 26.5 Å². The minimum absolute atomic E-state index is 0.171. The van der Waals surface area contributed by atoms with Crippen molar-refractivity contribution in [3.05, 3.63) is 65.2 Å². The molecule has 0 bridgehead atoms. The van der Waals surface area contributed by atoms with Gasteiger partial charge in [-0.05, 0) is 50.2 Å². The number of carbonyl (C=O) groups excluding carboxylic acids is 1. The lowest BCUT2D eigenvalue weighted by molar-refractivity contribution is -0.127. The number of hydrogen-bond acceptors (Lipinski definition) is 7. The summed E-state index contributed by atoms with van der Waals surface area (Å²) in [6.45, 7) is 4.89. The molecule has 1 N–H and O–H groups in total. The summed E-state index contributed by atoms with van der Waals surface area (Å²) in [4.78, 5) is 29.2. The lowest BCUT2D eigenvalue weighted by Crippen LogP contribution is -2.38. The Balaban J connectivity index is 1.29. The van der Waals surface area contributed by atoms with E-state index in [0.717, 1.165) is 11.3 Å². The highest BCUT2D eigenvalue weighted by Crippen LogP contribution is 2.35. The summed E-state index contributed by atoms with van der Waals surface area (Å²) in [6.07, 6.45) is 0.759. The average molecular weight is 451 g/mol. The van der Waals surface area contributed by atoms with Crippen LogP contribution in [0.25, 0.3) is 11.3 Å². The minimum atomic E-state index is -0.720. The average Bonchev–Trinajstić information content (AvgIpc) is 3.28. The van der Waals surface area contributed by atoms with E-state index in [1.54, 1.807) is 25.1 Å². The van der Waals surface area contributed by atoms with Crippen molar-refractivity contribution >= 4 is 5.91 Å². The second kappa shape index (κ2) is 10.1. The second-order valence-electron chi connectivity index (χ2n) is 7.33. The maximum Gasteiger partial charge on any atom is 0.260 e. The van der Waals surface area contributed by atoms with E-state index in [9.17, 15) is 9.59 Å². The van der Waals surface area contributed by atoms with Crippen molar-refractivity contribution in [3.8, 4) is 34.3 Å². The van der Waals surface area contributed by atoms with Crippen molar-refractivity contribution in [3.63, 3.8) is 0 Å². The fraction of sp³-hybridized carbons (Fsp3) is 0.292. The van der Waals surface area contributed by atoms with E-state index in [0.29, 0.717) is 29.5 Å². The Bertz CT molecular complexity index is 1180. The summed E-state index contributed by atoms with van der Waals surface area (Å²) in [5.74, 6) is 2.21. The van der Waals surface area contributed by atoms with Crippen molar-refractivity contribution in [1.82, 2.24) is 14.9 Å². The zero-order chi connectivity index (χ0) is 23.2. The summed E-state index contributed by atoms with van der Waals surface area (Å²) < 4.78 is 23.1. The fourth-order valence-electron chi connectivity index (χ4n) is 3.29. The Morgan fingerprint density at radius 3 is 2.64 bits per heavy atom. The molecule has 3 aromatic rings. The third-order valence-corrected chi connectivity index (χ3v) is 5.02. The first kappa shape index (κ1) is 22.2. The highest BCUT2D eigenvalue weighted by Gasteiger charge is 2.18. The molecule has 172 valence electrons. The van der Waals surface area contributed by atoms with Crippen molar-refractivity contribution in [2.24, 2.45) is 0 Å². The summed E-state index contributed by atoms with van der Waals surface area (Å²) in [5, 5.41) is 2.77. The number of amides is 1. The largest absolute Gasteiger partial charge is 0.494 e. The third-order valence-electron chi connectivity index (χ3n) is 5.02. The molecule has 1 amide bonds. The number of nitrogens with zero attached hydrogens (tertiary/aromatic N) is 2. The van der Waals surface area contributed by atoms with E-state index in [1.165, 1.54) is 17.0 Å². The normalized spacial score (nSPS) is 12.8. The molecule has 2 heterocycles. The van der Waals surface area contributed by atoms with Crippen LogP contribution in [0.3, 0.4) is 0 Å². The zero-order valence-corrected chi connectivity index (χ0v) is 18.4. The molecule has 33 heavy (non-hydrogen) atoms. The summed E-state index contributed by atoms with van der Waals surface area (Å²) in [5.41, 5.74) is 1.20. The van der Waals surface area contributed by atoms with Crippen LogP contribution in [-0.4, -0.2) is 41.5 Å². The molecular formula is C24H25N3O6. The molecule has 9 nitrogen and oxygen atoms in total. The van der Waals surface area contributed by atoms with Gasteiger partial charge in [0.05, 0.1) is 18.6 Å². The Hall–Kier alpha value is -4.01. The number of fused-ring (bicyclic) bond motifs is 1. The Labute approximate surface area is 190 Å². The number of carbonyl (C=O) groups is 1. The van der Waals surface area contributed by atoms with Crippen LogP contribution in [0, 0.1) is 0 Å². The van der Waals surface area contributed by atoms with Gasteiger partial charge in [0.15, 0.2) is 17.6 Å². The molecule has 1 unspecified atom stereocenters. The van der Waals surface area contributed by atoms with Gasteiger partial charge in [0.25, 0.3) is 11.5 Å². The molecule has 1 aliphatic rings. The van der Waals surface area contributed by atoms with E-state index in [2.05, 4.69) is 10.3 Å². The quantitative estimate of drug-likeness (QED) is 0.534. The second-order valence-corrected chi connectivity index (χ2v) is 7.33. The molecule has 1 aliphatic heterocycles. The zero-order valence-electron chi connectivity index (χ0n) is 18.4. The number of rotatable bonds is 9. The lowest BCUT2D eigenvalue weighted by atomic mass is 10.1. The third kappa shape index (κ3) is 5.43. The topological polar surface area (TPSA) is 101 Å². The molecular weight excluding hydrogens is 426 g/mol. The molecule has 0 radical (unpaired) electrons. The monoisotopic (exact) mass is 451 g/mol. The van der Waals surface area contributed by atoms with Crippen LogP contribution in [0.15, 0.2) is 59.7 Å². The standard InChI is InChI=1S/C24H25N3O6/c1-3-30-18-6-4-17(5-7-18)20-13-23(28)27(14-26-20)11-10-25-24(29)16(2)33-19-8-9-21-22(12-19)32-15-31-21/h4-9,12-14,16H,3,10-11,15H2,1-2H3,(H,25,29).